The van der Waals surface area contributed by atoms with E-state index in [1.165, 1.54) is 32.4 Å². The van der Waals surface area contributed by atoms with Gasteiger partial charge >= 0.3 is 102 Å². The normalized spacial score (nSPS) is 19.6. The largest absolute Gasteiger partial charge is 0.479 e. The fraction of sp³-hybridized carbons (Fsp3) is 0.405. The number of fused-ring (bicyclic) bond motifs is 4. The molecule has 0 aliphatic carbocycles. The quantitative estimate of drug-likeness (QED) is 0.0516. The molecular formula is C79H92IN19O19. The van der Waals surface area contributed by atoms with Gasteiger partial charge < -0.3 is 95.8 Å². The molecule has 118 heavy (non-hydrogen) atoms. The maximum atomic E-state index is 12.4. The number of nitrogens with one attached hydrogen (secondary N) is 2. The van der Waals surface area contributed by atoms with Gasteiger partial charge in [-0.15, -0.1) is 0 Å². The maximum Gasteiger partial charge on any atom is 0.334 e. The zero-order valence-electron chi connectivity index (χ0n) is 65.3. The molecule has 8 heterocycles. The third-order valence-corrected chi connectivity index (χ3v) is 21.4. The van der Waals surface area contributed by atoms with Gasteiger partial charge in [-0.05, 0) is 76.2 Å². The van der Waals surface area contributed by atoms with E-state index in [9.17, 15) is 60.2 Å². The van der Waals surface area contributed by atoms with E-state index in [-0.39, 0.29) is 81.7 Å². The minimum absolute atomic E-state index is 0.0132. The number of carbonyl (C=O) groups excluding carboxylic acids is 4. The van der Waals surface area contributed by atoms with Crippen molar-refractivity contribution in [2.24, 2.45) is 5.73 Å². The van der Waals surface area contributed by atoms with Crippen LogP contribution in [0.3, 0.4) is 0 Å². The van der Waals surface area contributed by atoms with Gasteiger partial charge in [-0.3, -0.25) is 49.5 Å². The van der Waals surface area contributed by atoms with Crippen LogP contribution in [0, 0.1) is 48.9 Å². The number of nitrogens with two attached hydrogens (primary N) is 1. The standard InChI is InChI=1S/2C18H21N5O4.C15H14N4O3.C15H16N4O2.C10H11IO4.C3H9NO2/c2*1-11-8-23(9-15(27-11)18(26)22-7-13(25)10-24)14-3-2-12(6-19)16-17(14)21-5-4-20-16;1-9-7-19(8-12(22-9)15(20)21)11-3-2-10(6-16)13-14(11)18-5-4-17-13;1-10-7-19(8-12(9-20)21-10)13-3-2-11(6-16)14-15(13)18-5-4-17-14;1-8(12)14-11(15-9(2)13)10-6-4-3-5-7-10;4-1-3(6)2-5/h2*2-5,11,13,15,24-25H,7-10H2,1H3,(H,22,26);2-5,9,12H,7-8H2,1H3,(H,20,21);2-5,10,12,20H,7-9H2,1H3;3-7H,1-2H3;3,5-6H,1-2,4H2/t2*11-,13-,15-;9-,12-;10-,12-;;3-/m1111.1/s1. The average Bonchev–Trinajstić information content (AvgIpc) is 0.802. The van der Waals surface area contributed by atoms with E-state index in [1.54, 1.807) is 85.6 Å². The number of carboxylic acids is 1. The van der Waals surface area contributed by atoms with Crippen LogP contribution in [-0.4, -0.2) is 276 Å². The number of halogens is 1. The van der Waals surface area contributed by atoms with E-state index in [0.29, 0.717) is 112 Å². The second-order valence-corrected chi connectivity index (χ2v) is 30.3. The van der Waals surface area contributed by atoms with Crippen LogP contribution in [0.2, 0.25) is 0 Å². The molecule has 9 aromatic rings. The summed E-state index contributed by atoms with van der Waals surface area (Å²) in [4.78, 5) is 100. The number of morpholine rings is 4. The number of carboxylic acid groups (broad SMARTS) is 1. The molecule has 0 bridgehead atoms. The summed E-state index contributed by atoms with van der Waals surface area (Å²) in [6.45, 7) is 12.9. The Kier molecular flexibility index (Phi) is 35.5. The first kappa shape index (κ1) is 91.7. The van der Waals surface area contributed by atoms with Gasteiger partial charge in [0.2, 0.25) is 0 Å². The predicted molar refractivity (Wildman–Crippen MR) is 435 cm³/mol. The van der Waals surface area contributed by atoms with Crippen molar-refractivity contribution in [2.75, 3.05) is 118 Å². The summed E-state index contributed by atoms with van der Waals surface area (Å²) in [7, 11) is 0. The van der Waals surface area contributed by atoms with Gasteiger partial charge in [0.1, 0.15) is 68.4 Å². The van der Waals surface area contributed by atoms with Crippen molar-refractivity contribution in [3.63, 3.8) is 0 Å². The molecule has 4 saturated heterocycles. The second-order valence-electron chi connectivity index (χ2n) is 26.9. The minimum Gasteiger partial charge on any atom is -0.479 e. The Morgan fingerprint density at radius 2 is 0.746 bits per heavy atom. The fourth-order valence-corrected chi connectivity index (χ4v) is 15.2. The van der Waals surface area contributed by atoms with Gasteiger partial charge in [0.05, 0.1) is 140 Å². The monoisotopic (exact) mass is 1740 g/mol. The Hall–Kier alpha value is -11.8. The molecule has 38 nitrogen and oxygen atoms in total. The number of benzene rings is 5. The number of hydrogen-bond acceptors (Lipinski definition) is 35. The number of aromatic nitrogens is 8. The molecular weight excluding hydrogens is 1650 g/mol. The van der Waals surface area contributed by atoms with Crippen molar-refractivity contribution in [3.8, 4) is 24.3 Å². The number of nitrogens with zero attached hydrogens (tertiary/aromatic N) is 16. The van der Waals surface area contributed by atoms with E-state index in [1.807, 2.05) is 66.7 Å². The molecule has 4 aliphatic rings. The van der Waals surface area contributed by atoms with Crippen molar-refractivity contribution >= 4 is 117 Å². The number of aliphatic carboxylic acids is 1. The molecule has 4 aliphatic heterocycles. The van der Waals surface area contributed by atoms with Crippen LogP contribution in [-0.2, 0) is 49.1 Å². The number of aliphatic hydroxyl groups is 7. The molecule has 13 rings (SSSR count). The maximum absolute atomic E-state index is 12.4. The zero-order valence-corrected chi connectivity index (χ0v) is 67.4. The Labute approximate surface area is 686 Å². The molecule has 5 aromatic carbocycles. The van der Waals surface area contributed by atoms with E-state index >= 15 is 0 Å². The SMILES string of the molecule is CC(=O)OI(OC(C)=O)c1ccccc1.C[C@@H]1CN(c2ccc(C#N)c3nccnc23)C[C@H](C(=O)NC[C@@H](O)CO)O1.C[C@@H]1CN(c2ccc(C#N)c3nccnc23)C[C@H](C(=O)NC[C@@H](O)CO)O1.C[C@@H]1CN(c2ccc(C#N)c3nccnc23)C[C@H](C(=O)O)O1.C[C@@H]1CN(c2ccc(C#N)c3nccnc23)C[C@H](CO)O1.NC[C@@H](O)CO. The van der Waals surface area contributed by atoms with Crippen LogP contribution in [0.25, 0.3) is 44.1 Å². The number of nitriles is 4. The van der Waals surface area contributed by atoms with E-state index in [0.717, 1.165) is 26.3 Å². The van der Waals surface area contributed by atoms with Gasteiger partial charge in [0.15, 0.2) is 18.3 Å². The first-order valence-corrected chi connectivity index (χ1v) is 39.9. The number of hydrogen-bond donors (Lipinski definition) is 11. The summed E-state index contributed by atoms with van der Waals surface area (Å²) < 4.78 is 33.4. The molecule has 0 radical (unpaired) electrons. The van der Waals surface area contributed by atoms with E-state index < -0.39 is 88.4 Å². The van der Waals surface area contributed by atoms with Crippen LogP contribution in [0.5, 0.6) is 0 Å². The molecule has 39 heteroatoms. The van der Waals surface area contributed by atoms with E-state index in [4.69, 9.17) is 56.5 Å². The fourth-order valence-electron chi connectivity index (χ4n) is 12.5. The number of rotatable bonds is 19. The van der Waals surface area contributed by atoms with Gasteiger partial charge in [-0.2, -0.15) is 21.0 Å². The third-order valence-electron chi connectivity index (χ3n) is 17.6. The minimum atomic E-state index is -2.59. The number of carbonyl (C=O) groups is 5. The predicted octanol–water partition coefficient (Wildman–Crippen LogP) is 2.01. The first-order chi connectivity index (χ1) is 56.8. The Balaban J connectivity index is 0.000000183. The summed E-state index contributed by atoms with van der Waals surface area (Å²) in [5.74, 6) is -2.55. The van der Waals surface area contributed by atoms with Crippen LogP contribution in [0.1, 0.15) is 63.8 Å². The van der Waals surface area contributed by atoms with Gasteiger partial charge in [0.25, 0.3) is 11.8 Å². The molecule has 0 spiro atoms. The summed E-state index contributed by atoms with van der Waals surface area (Å²) in [6, 6.07) is 31.6. The zero-order chi connectivity index (χ0) is 85.5. The van der Waals surface area contributed by atoms with E-state index in [2.05, 4.69) is 79.7 Å². The molecule has 0 saturated carbocycles. The summed E-state index contributed by atoms with van der Waals surface area (Å²) >= 11 is -2.59. The summed E-state index contributed by atoms with van der Waals surface area (Å²) in [5, 5.41) is 113. The molecule has 624 valence electrons. The molecule has 0 unspecified atom stereocenters. The van der Waals surface area contributed by atoms with Crippen molar-refractivity contribution in [3.05, 3.63) is 154 Å². The number of amides is 2. The number of aliphatic hydroxyl groups excluding tert-OH is 7. The van der Waals surface area contributed by atoms with Crippen molar-refractivity contribution in [1.29, 1.82) is 21.0 Å². The molecule has 4 fully saturated rings. The Morgan fingerprint density at radius 3 is 1.03 bits per heavy atom. The smallest absolute Gasteiger partial charge is 0.334 e. The van der Waals surface area contributed by atoms with Gasteiger partial charge in [-0.25, -0.2) is 4.79 Å². The average molecular weight is 1740 g/mol. The number of anilines is 4. The second kappa shape index (κ2) is 45.7. The van der Waals surface area contributed by atoms with Crippen LogP contribution in [0.15, 0.2) is 128 Å². The van der Waals surface area contributed by atoms with Crippen molar-refractivity contribution < 1.29 is 89.9 Å². The molecule has 11 atom stereocenters. The number of ether oxygens (including phenoxy) is 4. The summed E-state index contributed by atoms with van der Waals surface area (Å²) in [5.41, 5.74) is 14.6. The van der Waals surface area contributed by atoms with Gasteiger partial charge in [0, 0.05) is 102 Å². The molecule has 12 N–H and O–H groups in total. The first-order valence-electron chi connectivity index (χ1n) is 37.0. The topological polar surface area (TPSA) is 564 Å². The van der Waals surface area contributed by atoms with Crippen molar-refractivity contribution in [2.45, 2.75) is 109 Å². The van der Waals surface area contributed by atoms with Crippen LogP contribution >= 0.6 is 20.6 Å². The van der Waals surface area contributed by atoms with Crippen LogP contribution in [0.4, 0.5) is 22.7 Å². The Morgan fingerprint density at radius 1 is 0.449 bits per heavy atom. The molecule has 2 amide bonds. The summed E-state index contributed by atoms with van der Waals surface area (Å²) in [6.07, 6.45) is 6.61. The Bertz CT molecular complexity index is 4900. The van der Waals surface area contributed by atoms with Gasteiger partial charge in [-0.1, -0.05) is 0 Å². The van der Waals surface area contributed by atoms with Crippen molar-refractivity contribution in [1.82, 2.24) is 50.5 Å². The third kappa shape index (κ3) is 25.6. The molecule has 4 aromatic heterocycles. The van der Waals surface area contributed by atoms with Crippen LogP contribution < -0.4 is 36.0 Å².